The van der Waals surface area contributed by atoms with E-state index in [4.69, 9.17) is 24.2 Å². The van der Waals surface area contributed by atoms with Crippen LogP contribution in [0.25, 0.3) is 0 Å². The van der Waals surface area contributed by atoms with Crippen molar-refractivity contribution >= 4 is 48.5 Å². The van der Waals surface area contributed by atoms with Crippen LogP contribution in [0.15, 0.2) is 132 Å². The van der Waals surface area contributed by atoms with Crippen molar-refractivity contribution in [3.8, 4) is 0 Å². The number of benzene rings is 4. The Bertz CT molecular complexity index is 1340. The van der Waals surface area contributed by atoms with Crippen molar-refractivity contribution in [2.24, 2.45) is 21.0 Å². The maximum atomic E-state index is 7.50. The minimum atomic E-state index is -0.598. The molecule has 4 aromatic rings. The molecular formula is C39H42N2O3P2W. The van der Waals surface area contributed by atoms with Crippen LogP contribution >= 0.6 is 15.8 Å². The molecule has 0 bridgehead atoms. The normalized spacial score (nSPS) is 11.4. The average molecular weight is 833 g/mol. The summed E-state index contributed by atoms with van der Waals surface area (Å²) in [4.78, 5) is 0. The quantitative estimate of drug-likeness (QED) is 0.0539. The van der Waals surface area contributed by atoms with Crippen molar-refractivity contribution < 1.29 is 35.0 Å². The van der Waals surface area contributed by atoms with Gasteiger partial charge >= 0.3 is 33.9 Å². The van der Waals surface area contributed by atoms with Crippen LogP contribution in [0.3, 0.4) is 0 Å². The van der Waals surface area contributed by atoms with Gasteiger partial charge < -0.3 is 0 Å². The Hall–Kier alpha value is -3.01. The minimum Gasteiger partial charge on any atom is 0 e. The van der Waals surface area contributed by atoms with Gasteiger partial charge in [-0.3, -0.25) is 0 Å². The molecule has 8 heteroatoms. The second kappa shape index (κ2) is 23.3. The van der Waals surface area contributed by atoms with Crippen molar-refractivity contribution in [2.75, 3.05) is 12.3 Å². The first-order chi connectivity index (χ1) is 22.1. The third kappa shape index (κ3) is 14.7. The van der Waals surface area contributed by atoms with E-state index in [9.17, 15) is 0 Å². The van der Waals surface area contributed by atoms with Crippen molar-refractivity contribution in [3.63, 3.8) is 0 Å². The summed E-state index contributed by atoms with van der Waals surface area (Å²) in [7, 11) is -1.20. The molecule has 0 atom stereocenters. The molecule has 242 valence electrons. The van der Waals surface area contributed by atoms with Gasteiger partial charge in [-0.15, -0.1) is 0 Å². The Morgan fingerprint density at radius 3 is 0.809 bits per heavy atom. The second-order valence-electron chi connectivity index (χ2n) is 12.1. The SMILES string of the molecule is CC(C)(C)/C(CP(c1ccccc1)c1ccccc1)=N/N=C(/CP(c1ccccc1)c1ccccc1)C(C)(C)C.[C-]#[O+].[C-]#[O+].[C-]#[O+].[W]. The fraction of sp³-hybridized carbons (Fsp3) is 0.256. The summed E-state index contributed by atoms with van der Waals surface area (Å²) >= 11 is 0. The molecular weight excluding hydrogens is 790 g/mol. The van der Waals surface area contributed by atoms with Crippen molar-refractivity contribution in [2.45, 2.75) is 41.5 Å². The Labute approximate surface area is 298 Å². The molecule has 0 spiro atoms. The van der Waals surface area contributed by atoms with E-state index >= 15 is 0 Å². The average Bonchev–Trinajstić information content (AvgIpc) is 3.09. The van der Waals surface area contributed by atoms with Crippen LogP contribution in [-0.2, 0) is 35.0 Å². The number of rotatable bonds is 9. The van der Waals surface area contributed by atoms with Crippen LogP contribution in [-0.4, -0.2) is 23.7 Å². The molecule has 47 heavy (non-hydrogen) atoms. The first-order valence-corrected chi connectivity index (χ1v) is 17.7. The van der Waals surface area contributed by atoms with Crippen LogP contribution in [0.1, 0.15) is 41.5 Å². The molecule has 4 rings (SSSR count). The van der Waals surface area contributed by atoms with E-state index in [1.165, 1.54) is 21.2 Å². The van der Waals surface area contributed by atoms with E-state index in [-0.39, 0.29) is 31.9 Å². The molecule has 0 amide bonds. The van der Waals surface area contributed by atoms with Crippen molar-refractivity contribution in [1.82, 2.24) is 0 Å². The molecule has 0 unspecified atom stereocenters. The van der Waals surface area contributed by atoms with Crippen LogP contribution in [0.4, 0.5) is 0 Å². The smallest absolute Gasteiger partial charge is 0 e. The maximum Gasteiger partial charge on any atom is 0 e. The van der Waals surface area contributed by atoms with Gasteiger partial charge in [-0.2, -0.15) is 10.2 Å². The molecule has 0 aliphatic rings. The van der Waals surface area contributed by atoms with Gasteiger partial charge in [0.15, 0.2) is 0 Å². The Morgan fingerprint density at radius 2 is 0.638 bits per heavy atom. The van der Waals surface area contributed by atoms with E-state index in [1.54, 1.807) is 0 Å². The summed E-state index contributed by atoms with van der Waals surface area (Å²) in [6.07, 6.45) is 1.78. The summed E-state index contributed by atoms with van der Waals surface area (Å²) in [6.45, 7) is 27.1. The molecule has 4 aromatic carbocycles. The van der Waals surface area contributed by atoms with E-state index in [0.717, 1.165) is 23.7 Å². The van der Waals surface area contributed by atoms with Crippen LogP contribution in [0.2, 0.25) is 0 Å². The second-order valence-corrected chi connectivity index (χ2v) is 16.5. The van der Waals surface area contributed by atoms with Crippen molar-refractivity contribution in [1.29, 1.82) is 0 Å². The van der Waals surface area contributed by atoms with Gasteiger partial charge in [-0.25, -0.2) is 0 Å². The van der Waals surface area contributed by atoms with E-state index < -0.39 is 15.8 Å². The summed E-state index contributed by atoms with van der Waals surface area (Å²) in [6, 6.07) is 43.6. The Balaban J connectivity index is 0.00000286. The van der Waals surface area contributed by atoms with E-state index in [2.05, 4.69) is 183 Å². The molecule has 0 aliphatic carbocycles. The summed E-state index contributed by atoms with van der Waals surface area (Å²) in [5.74, 6) is 0. The van der Waals surface area contributed by atoms with Gasteiger partial charge in [0.05, 0.1) is 11.4 Å². The molecule has 0 fully saturated rings. The van der Waals surface area contributed by atoms with Gasteiger partial charge in [0, 0.05) is 44.2 Å². The summed E-state index contributed by atoms with van der Waals surface area (Å²) < 4.78 is 22.5. The zero-order valence-corrected chi connectivity index (χ0v) is 32.6. The van der Waals surface area contributed by atoms with E-state index in [0.29, 0.717) is 0 Å². The largest absolute Gasteiger partial charge is 0 e. The van der Waals surface area contributed by atoms with Crippen LogP contribution < -0.4 is 21.2 Å². The molecule has 0 saturated carbocycles. The molecule has 5 nitrogen and oxygen atoms in total. The Kier molecular flexibility index (Phi) is 21.8. The third-order valence-corrected chi connectivity index (χ3v) is 11.8. The van der Waals surface area contributed by atoms with Crippen molar-refractivity contribution in [3.05, 3.63) is 141 Å². The summed E-state index contributed by atoms with van der Waals surface area (Å²) in [5.41, 5.74) is 2.11. The van der Waals surface area contributed by atoms with Gasteiger partial charge in [-0.1, -0.05) is 163 Å². The minimum absolute atomic E-state index is 0. The molecule has 0 saturated heterocycles. The van der Waals surface area contributed by atoms with Gasteiger partial charge in [0.2, 0.25) is 0 Å². The first-order valence-electron chi connectivity index (χ1n) is 14.6. The van der Waals surface area contributed by atoms with Gasteiger partial charge in [-0.05, 0) is 37.1 Å². The number of nitrogens with zero attached hydrogens (tertiary/aromatic N) is 2. The zero-order valence-electron chi connectivity index (χ0n) is 27.9. The van der Waals surface area contributed by atoms with Gasteiger partial charge in [0.1, 0.15) is 0 Å². The van der Waals surface area contributed by atoms with Crippen LogP contribution in [0, 0.1) is 30.8 Å². The van der Waals surface area contributed by atoms with E-state index in [1.807, 2.05) is 0 Å². The molecule has 0 heterocycles. The predicted molar refractivity (Wildman–Crippen MR) is 193 cm³/mol. The molecule has 0 aliphatic heterocycles. The first kappa shape index (κ1) is 44.0. The fourth-order valence-corrected chi connectivity index (χ4v) is 9.48. The molecule has 0 N–H and O–H groups in total. The number of hydrogen-bond donors (Lipinski definition) is 0. The summed E-state index contributed by atoms with van der Waals surface area (Å²) in [5, 5.41) is 15.7. The third-order valence-electron chi connectivity index (χ3n) is 6.91. The zero-order chi connectivity index (χ0) is 34.6. The predicted octanol–water partition coefficient (Wildman–Crippen LogP) is 8.03. The monoisotopic (exact) mass is 832 g/mol. The molecule has 0 radical (unpaired) electrons. The topological polar surface area (TPSA) is 84.4 Å². The maximum absolute atomic E-state index is 7.50. The Morgan fingerprint density at radius 1 is 0.447 bits per heavy atom. The standard InChI is InChI=1S/C36H42N2P2.3CO.W/c1-35(2,3)33(27-39(29-19-11-7-12-20-29)30-21-13-8-14-22-30)37-38-34(36(4,5)6)28-40(31-23-15-9-16-24-31)32-25-17-10-18-26-32;3*1-2;/h7-26H,27-28H2,1-6H3;;;;/b37-33-,38-34+;;;;. The molecule has 0 aromatic heterocycles. The number of hydrogen-bond acceptors (Lipinski definition) is 2. The van der Waals surface area contributed by atoms with Crippen LogP contribution in [0.5, 0.6) is 0 Å². The fourth-order valence-electron chi connectivity index (χ4n) is 4.35. The van der Waals surface area contributed by atoms with Gasteiger partial charge in [0.25, 0.3) is 0 Å².